The van der Waals surface area contributed by atoms with Gasteiger partial charge in [-0.25, -0.2) is 0 Å². The molecule has 1 unspecified atom stereocenters. The average molecular weight is 188 g/mol. The fraction of sp³-hybridized carbons (Fsp3) is 0.250. The first kappa shape index (κ1) is 8.25. The summed E-state index contributed by atoms with van der Waals surface area (Å²) < 4.78 is 29.6. The van der Waals surface area contributed by atoms with Crippen molar-refractivity contribution in [3.63, 3.8) is 0 Å². The summed E-state index contributed by atoms with van der Waals surface area (Å²) in [5, 5.41) is 18.0. The number of benzene rings is 1. The SMILES string of the molecule is Oc1ccc2c(c1)C(O)C(F)(F)O2. The molecular weight excluding hydrogens is 182 g/mol. The highest BCUT2D eigenvalue weighted by Gasteiger charge is 2.49. The van der Waals surface area contributed by atoms with Crippen molar-refractivity contribution in [2.24, 2.45) is 0 Å². The fourth-order valence-corrected chi connectivity index (χ4v) is 1.23. The van der Waals surface area contributed by atoms with E-state index in [-0.39, 0.29) is 17.1 Å². The molecular formula is C8H6F2O3. The number of halogens is 2. The van der Waals surface area contributed by atoms with Crippen LogP contribution in [0, 0.1) is 0 Å². The van der Waals surface area contributed by atoms with Crippen molar-refractivity contribution in [2.75, 3.05) is 0 Å². The van der Waals surface area contributed by atoms with Gasteiger partial charge in [-0.1, -0.05) is 0 Å². The van der Waals surface area contributed by atoms with E-state index in [0.717, 1.165) is 6.07 Å². The molecule has 2 N–H and O–H groups in total. The van der Waals surface area contributed by atoms with E-state index in [1.807, 2.05) is 0 Å². The van der Waals surface area contributed by atoms with E-state index in [0.29, 0.717) is 0 Å². The second-order valence-corrected chi connectivity index (χ2v) is 2.79. The first-order valence-corrected chi connectivity index (χ1v) is 3.58. The van der Waals surface area contributed by atoms with E-state index < -0.39 is 12.2 Å². The van der Waals surface area contributed by atoms with Crippen molar-refractivity contribution in [3.05, 3.63) is 23.8 Å². The maximum absolute atomic E-state index is 12.7. The molecule has 1 aromatic rings. The quantitative estimate of drug-likeness (QED) is 0.647. The molecule has 0 saturated heterocycles. The first-order valence-electron chi connectivity index (χ1n) is 3.58. The predicted octanol–water partition coefficient (Wildman–Crippen LogP) is 1.41. The molecule has 1 aliphatic heterocycles. The lowest BCUT2D eigenvalue weighted by Crippen LogP contribution is -2.26. The van der Waals surface area contributed by atoms with Gasteiger partial charge in [0, 0.05) is 5.56 Å². The zero-order valence-corrected chi connectivity index (χ0v) is 6.37. The Bertz CT molecular complexity index is 351. The average Bonchev–Trinajstić information content (AvgIpc) is 2.26. The van der Waals surface area contributed by atoms with Crippen LogP contribution in [0.1, 0.15) is 11.7 Å². The van der Waals surface area contributed by atoms with E-state index in [1.54, 1.807) is 0 Å². The number of aliphatic hydroxyl groups is 1. The number of phenolic OH excluding ortho intramolecular Hbond substituents is 1. The molecule has 2 rings (SSSR count). The Morgan fingerprint density at radius 1 is 1.38 bits per heavy atom. The normalized spacial score (nSPS) is 23.8. The molecule has 0 aliphatic carbocycles. The highest BCUT2D eigenvalue weighted by molar-refractivity contribution is 5.44. The number of phenols is 1. The minimum absolute atomic E-state index is 0.0926. The molecule has 1 aliphatic rings. The molecule has 5 heteroatoms. The highest BCUT2D eigenvalue weighted by Crippen LogP contribution is 2.45. The summed E-state index contributed by atoms with van der Waals surface area (Å²) in [5.41, 5.74) is -0.0926. The van der Waals surface area contributed by atoms with Crippen LogP contribution in [0.25, 0.3) is 0 Å². The van der Waals surface area contributed by atoms with Crippen LogP contribution >= 0.6 is 0 Å². The van der Waals surface area contributed by atoms with Crippen LogP contribution in [0.3, 0.4) is 0 Å². The molecule has 0 fully saturated rings. The smallest absolute Gasteiger partial charge is 0.429 e. The van der Waals surface area contributed by atoms with Gasteiger partial charge in [0.15, 0.2) is 6.10 Å². The maximum atomic E-state index is 12.7. The van der Waals surface area contributed by atoms with Crippen LogP contribution in [0.5, 0.6) is 11.5 Å². The molecule has 0 saturated carbocycles. The maximum Gasteiger partial charge on any atom is 0.429 e. The Balaban J connectivity index is 2.51. The van der Waals surface area contributed by atoms with Crippen molar-refractivity contribution >= 4 is 0 Å². The summed E-state index contributed by atoms with van der Waals surface area (Å²) in [6, 6.07) is 3.46. The number of hydrogen-bond donors (Lipinski definition) is 2. The molecule has 1 heterocycles. The molecule has 13 heavy (non-hydrogen) atoms. The third-order valence-electron chi connectivity index (χ3n) is 1.85. The molecule has 0 aromatic heterocycles. The second-order valence-electron chi connectivity index (χ2n) is 2.79. The van der Waals surface area contributed by atoms with Gasteiger partial charge >= 0.3 is 6.11 Å². The number of ether oxygens (including phenoxy) is 1. The molecule has 70 valence electrons. The monoisotopic (exact) mass is 188 g/mol. The third-order valence-corrected chi connectivity index (χ3v) is 1.85. The number of aromatic hydroxyl groups is 1. The Morgan fingerprint density at radius 2 is 2.08 bits per heavy atom. The summed E-state index contributed by atoms with van der Waals surface area (Å²) in [6.07, 6.45) is -5.61. The van der Waals surface area contributed by atoms with Crippen molar-refractivity contribution in [1.82, 2.24) is 0 Å². The zero-order valence-electron chi connectivity index (χ0n) is 6.37. The van der Waals surface area contributed by atoms with E-state index >= 15 is 0 Å². The zero-order chi connectivity index (χ0) is 9.64. The Labute approximate surface area is 72.2 Å². The summed E-state index contributed by atoms with van der Waals surface area (Å²) in [6.45, 7) is 0. The number of hydrogen-bond acceptors (Lipinski definition) is 3. The van der Waals surface area contributed by atoms with E-state index in [2.05, 4.69) is 4.74 Å². The van der Waals surface area contributed by atoms with Crippen molar-refractivity contribution in [3.8, 4) is 11.5 Å². The predicted molar refractivity (Wildman–Crippen MR) is 38.6 cm³/mol. The van der Waals surface area contributed by atoms with Gasteiger partial charge in [-0.3, -0.25) is 0 Å². The van der Waals surface area contributed by atoms with Gasteiger partial charge in [-0.2, -0.15) is 8.78 Å². The summed E-state index contributed by atoms with van der Waals surface area (Å²) in [4.78, 5) is 0. The molecule has 1 aromatic carbocycles. The number of fused-ring (bicyclic) bond motifs is 1. The lowest BCUT2D eigenvalue weighted by molar-refractivity contribution is -0.224. The largest absolute Gasteiger partial charge is 0.508 e. The van der Waals surface area contributed by atoms with E-state index in [4.69, 9.17) is 10.2 Å². The summed E-state index contributed by atoms with van der Waals surface area (Å²) in [7, 11) is 0. The topological polar surface area (TPSA) is 49.7 Å². The molecule has 3 nitrogen and oxygen atoms in total. The molecule has 0 spiro atoms. The Kier molecular flexibility index (Phi) is 1.47. The first-order chi connectivity index (χ1) is 6.00. The number of rotatable bonds is 0. The van der Waals surface area contributed by atoms with Crippen molar-refractivity contribution in [2.45, 2.75) is 12.2 Å². The number of alkyl halides is 2. The minimum Gasteiger partial charge on any atom is -0.508 e. The fourth-order valence-electron chi connectivity index (χ4n) is 1.23. The lowest BCUT2D eigenvalue weighted by atomic mass is 10.1. The number of aliphatic hydroxyl groups excluding tert-OH is 1. The van der Waals surface area contributed by atoms with Crippen LogP contribution in [0.4, 0.5) is 8.78 Å². The van der Waals surface area contributed by atoms with E-state index in [9.17, 15) is 8.78 Å². The van der Waals surface area contributed by atoms with Crippen LogP contribution in [0.15, 0.2) is 18.2 Å². The Hall–Kier alpha value is -1.36. The van der Waals surface area contributed by atoms with Gasteiger partial charge in [0.25, 0.3) is 0 Å². The van der Waals surface area contributed by atoms with Crippen LogP contribution in [-0.4, -0.2) is 16.3 Å². The molecule has 0 bridgehead atoms. The molecule has 0 amide bonds. The van der Waals surface area contributed by atoms with Gasteiger partial charge in [-0.05, 0) is 18.2 Å². The van der Waals surface area contributed by atoms with E-state index in [1.165, 1.54) is 12.1 Å². The minimum atomic E-state index is -3.60. The standard InChI is InChI=1S/C8H6F2O3/c9-8(10)7(12)5-3-4(11)1-2-6(5)13-8/h1-3,7,11-12H. The lowest BCUT2D eigenvalue weighted by Gasteiger charge is -2.11. The van der Waals surface area contributed by atoms with Gasteiger partial charge in [0.05, 0.1) is 0 Å². The summed E-state index contributed by atoms with van der Waals surface area (Å²) >= 11 is 0. The summed E-state index contributed by atoms with van der Waals surface area (Å²) in [5.74, 6) is -0.283. The second kappa shape index (κ2) is 2.32. The van der Waals surface area contributed by atoms with Gasteiger partial charge in [0.2, 0.25) is 0 Å². The van der Waals surface area contributed by atoms with Crippen LogP contribution in [0.2, 0.25) is 0 Å². The highest BCUT2D eigenvalue weighted by atomic mass is 19.3. The molecule has 1 atom stereocenters. The van der Waals surface area contributed by atoms with Crippen molar-refractivity contribution in [1.29, 1.82) is 0 Å². The third kappa shape index (κ3) is 1.12. The van der Waals surface area contributed by atoms with Crippen LogP contribution < -0.4 is 4.74 Å². The van der Waals surface area contributed by atoms with Crippen LogP contribution in [-0.2, 0) is 0 Å². The molecule has 0 radical (unpaired) electrons. The van der Waals surface area contributed by atoms with Gasteiger partial charge in [0.1, 0.15) is 11.5 Å². The van der Waals surface area contributed by atoms with Gasteiger partial charge in [-0.15, -0.1) is 0 Å². The van der Waals surface area contributed by atoms with Gasteiger partial charge < -0.3 is 14.9 Å². The van der Waals surface area contributed by atoms with Crippen molar-refractivity contribution < 1.29 is 23.7 Å². The Morgan fingerprint density at radius 3 is 2.77 bits per heavy atom.